The molecule has 0 aromatic carbocycles. The number of methoxy groups -OCH3 is 1. The highest BCUT2D eigenvalue weighted by Gasteiger charge is 2.34. The van der Waals surface area contributed by atoms with Gasteiger partial charge in [-0.3, -0.25) is 4.79 Å². The van der Waals surface area contributed by atoms with Gasteiger partial charge >= 0.3 is 5.97 Å². The summed E-state index contributed by atoms with van der Waals surface area (Å²) in [4.78, 5) is 14.3. The molecule has 1 N–H and O–H groups in total. The number of likely N-dealkylation sites (tertiary alicyclic amines) is 1. The van der Waals surface area contributed by atoms with Gasteiger partial charge in [0.2, 0.25) is 0 Å². The molecular formula is C15H30N2O3. The summed E-state index contributed by atoms with van der Waals surface area (Å²) >= 11 is 0. The number of hydrogen-bond acceptors (Lipinski definition) is 5. The second-order valence-corrected chi connectivity index (χ2v) is 5.62. The Bertz CT molecular complexity index is 297. The van der Waals surface area contributed by atoms with E-state index in [1.54, 1.807) is 0 Å². The molecule has 1 saturated heterocycles. The predicted molar refractivity (Wildman–Crippen MR) is 79.8 cm³/mol. The fourth-order valence-electron chi connectivity index (χ4n) is 2.85. The number of ether oxygens (including phenoxy) is 2. The molecule has 2 unspecified atom stereocenters. The maximum absolute atomic E-state index is 11.9. The maximum Gasteiger partial charge on any atom is 0.325 e. The molecule has 1 aliphatic rings. The fraction of sp³-hybridized carbons (Fsp3) is 0.933. The standard InChI is InChI=1S/C15H30N2O3/c1-5-16-15(3,14(18)19-4)9-11-17-10-7-8-13(12-17)20-6-2/h13,16H,5-12H2,1-4H3. The predicted octanol–water partition coefficient (Wildman–Crippen LogP) is 1.42. The van der Waals surface area contributed by atoms with Crippen LogP contribution < -0.4 is 5.32 Å². The van der Waals surface area contributed by atoms with Gasteiger partial charge in [0.15, 0.2) is 0 Å². The van der Waals surface area contributed by atoms with E-state index in [0.29, 0.717) is 6.10 Å². The van der Waals surface area contributed by atoms with Crippen molar-refractivity contribution in [2.75, 3.05) is 39.9 Å². The van der Waals surface area contributed by atoms with Gasteiger partial charge in [-0.25, -0.2) is 0 Å². The molecule has 1 fully saturated rings. The van der Waals surface area contributed by atoms with Crippen molar-refractivity contribution in [3.8, 4) is 0 Å². The molecule has 0 radical (unpaired) electrons. The lowest BCUT2D eigenvalue weighted by atomic mass is 9.96. The molecule has 0 aromatic rings. The van der Waals surface area contributed by atoms with E-state index in [9.17, 15) is 4.79 Å². The summed E-state index contributed by atoms with van der Waals surface area (Å²) in [6.07, 6.45) is 3.41. The van der Waals surface area contributed by atoms with Crippen LogP contribution in [0.5, 0.6) is 0 Å². The van der Waals surface area contributed by atoms with E-state index in [1.807, 2.05) is 20.8 Å². The van der Waals surface area contributed by atoms with Crippen LogP contribution in [-0.4, -0.2) is 62.4 Å². The van der Waals surface area contributed by atoms with Gasteiger partial charge in [0.05, 0.1) is 13.2 Å². The van der Waals surface area contributed by atoms with Gasteiger partial charge in [-0.15, -0.1) is 0 Å². The first-order valence-electron chi connectivity index (χ1n) is 7.73. The number of carbonyl (C=O) groups excluding carboxylic acids is 1. The van der Waals surface area contributed by atoms with Crippen LogP contribution in [0.1, 0.15) is 40.0 Å². The second kappa shape index (κ2) is 8.60. The van der Waals surface area contributed by atoms with Crippen LogP contribution in [0.15, 0.2) is 0 Å². The molecule has 0 saturated carbocycles. The summed E-state index contributed by atoms with van der Waals surface area (Å²) in [5.74, 6) is -0.183. The van der Waals surface area contributed by atoms with E-state index in [1.165, 1.54) is 13.5 Å². The topological polar surface area (TPSA) is 50.8 Å². The maximum atomic E-state index is 11.9. The lowest BCUT2D eigenvalue weighted by molar-refractivity contribution is -0.148. The first kappa shape index (κ1) is 17.4. The Morgan fingerprint density at radius 1 is 1.45 bits per heavy atom. The summed E-state index contributed by atoms with van der Waals surface area (Å²) in [7, 11) is 1.45. The highest BCUT2D eigenvalue weighted by atomic mass is 16.5. The van der Waals surface area contributed by atoms with Crippen molar-refractivity contribution in [1.29, 1.82) is 0 Å². The van der Waals surface area contributed by atoms with Crippen LogP contribution in [0.4, 0.5) is 0 Å². The zero-order valence-corrected chi connectivity index (χ0v) is 13.4. The molecule has 0 spiro atoms. The molecule has 5 heteroatoms. The number of esters is 1. The van der Waals surface area contributed by atoms with Crippen LogP contribution in [0.2, 0.25) is 0 Å². The van der Waals surface area contributed by atoms with Gasteiger partial charge < -0.3 is 19.7 Å². The van der Waals surface area contributed by atoms with Crippen LogP contribution in [-0.2, 0) is 14.3 Å². The largest absolute Gasteiger partial charge is 0.468 e. The minimum absolute atomic E-state index is 0.183. The Morgan fingerprint density at radius 2 is 2.20 bits per heavy atom. The fourth-order valence-corrected chi connectivity index (χ4v) is 2.85. The summed E-state index contributed by atoms with van der Waals surface area (Å²) in [5, 5.41) is 3.25. The zero-order chi connectivity index (χ0) is 15.0. The Labute approximate surface area is 123 Å². The van der Waals surface area contributed by atoms with Crippen molar-refractivity contribution >= 4 is 5.97 Å². The SMILES string of the molecule is CCNC(C)(CCN1CCCC(OCC)C1)C(=O)OC. The molecule has 1 aliphatic heterocycles. The third-order valence-corrected chi connectivity index (χ3v) is 4.00. The van der Waals surface area contributed by atoms with Crippen LogP contribution in [0.3, 0.4) is 0 Å². The van der Waals surface area contributed by atoms with Crippen molar-refractivity contribution in [2.24, 2.45) is 0 Å². The highest BCUT2D eigenvalue weighted by Crippen LogP contribution is 2.17. The van der Waals surface area contributed by atoms with Crippen molar-refractivity contribution in [2.45, 2.75) is 51.7 Å². The van der Waals surface area contributed by atoms with E-state index in [4.69, 9.17) is 9.47 Å². The second-order valence-electron chi connectivity index (χ2n) is 5.62. The minimum Gasteiger partial charge on any atom is -0.468 e. The van der Waals surface area contributed by atoms with Crippen molar-refractivity contribution < 1.29 is 14.3 Å². The van der Waals surface area contributed by atoms with E-state index in [0.717, 1.165) is 45.6 Å². The third-order valence-electron chi connectivity index (χ3n) is 4.00. The lowest BCUT2D eigenvalue weighted by Crippen LogP contribution is -2.52. The molecule has 0 aromatic heterocycles. The molecule has 0 aliphatic carbocycles. The monoisotopic (exact) mass is 286 g/mol. The van der Waals surface area contributed by atoms with Crippen molar-refractivity contribution in [3.63, 3.8) is 0 Å². The van der Waals surface area contributed by atoms with Crippen LogP contribution >= 0.6 is 0 Å². The third kappa shape index (κ3) is 5.04. The summed E-state index contributed by atoms with van der Waals surface area (Å²) in [6.45, 7) is 10.5. The molecule has 0 bridgehead atoms. The highest BCUT2D eigenvalue weighted by molar-refractivity contribution is 5.80. The molecule has 2 atom stereocenters. The van der Waals surface area contributed by atoms with Crippen molar-refractivity contribution in [1.82, 2.24) is 10.2 Å². The molecule has 5 nitrogen and oxygen atoms in total. The van der Waals surface area contributed by atoms with Crippen LogP contribution in [0.25, 0.3) is 0 Å². The van der Waals surface area contributed by atoms with E-state index in [2.05, 4.69) is 10.2 Å². The van der Waals surface area contributed by atoms with E-state index in [-0.39, 0.29) is 5.97 Å². The molecular weight excluding hydrogens is 256 g/mol. The van der Waals surface area contributed by atoms with Gasteiger partial charge in [0, 0.05) is 19.7 Å². The number of hydrogen-bond donors (Lipinski definition) is 1. The Kier molecular flexibility index (Phi) is 7.48. The van der Waals surface area contributed by atoms with Gasteiger partial charge in [0.25, 0.3) is 0 Å². The van der Waals surface area contributed by atoms with E-state index >= 15 is 0 Å². The number of nitrogens with zero attached hydrogens (tertiary/aromatic N) is 1. The molecule has 0 amide bonds. The molecule has 1 rings (SSSR count). The van der Waals surface area contributed by atoms with Gasteiger partial charge in [-0.05, 0) is 46.2 Å². The average Bonchev–Trinajstić information content (AvgIpc) is 2.45. The lowest BCUT2D eigenvalue weighted by Gasteiger charge is -2.35. The average molecular weight is 286 g/mol. The number of nitrogens with one attached hydrogen (secondary N) is 1. The first-order chi connectivity index (χ1) is 9.55. The van der Waals surface area contributed by atoms with Gasteiger partial charge in [-0.2, -0.15) is 0 Å². The number of rotatable bonds is 8. The van der Waals surface area contributed by atoms with Gasteiger partial charge in [-0.1, -0.05) is 6.92 Å². The molecule has 1 heterocycles. The summed E-state index contributed by atoms with van der Waals surface area (Å²) < 4.78 is 10.6. The first-order valence-corrected chi connectivity index (χ1v) is 7.73. The smallest absolute Gasteiger partial charge is 0.325 e. The van der Waals surface area contributed by atoms with Crippen molar-refractivity contribution in [3.05, 3.63) is 0 Å². The quantitative estimate of drug-likeness (QED) is 0.684. The Hall–Kier alpha value is -0.650. The summed E-state index contributed by atoms with van der Waals surface area (Å²) in [5.41, 5.74) is -0.595. The Morgan fingerprint density at radius 3 is 2.80 bits per heavy atom. The number of piperidine rings is 1. The molecule has 20 heavy (non-hydrogen) atoms. The Balaban J connectivity index is 2.48. The normalized spacial score (nSPS) is 23.3. The summed E-state index contributed by atoms with van der Waals surface area (Å²) in [6, 6.07) is 0. The zero-order valence-electron chi connectivity index (χ0n) is 13.4. The van der Waals surface area contributed by atoms with Gasteiger partial charge in [0.1, 0.15) is 5.54 Å². The van der Waals surface area contributed by atoms with Crippen LogP contribution in [0, 0.1) is 0 Å². The minimum atomic E-state index is -0.595. The molecule has 118 valence electrons. The number of carbonyl (C=O) groups is 1. The number of likely N-dealkylation sites (N-methyl/N-ethyl adjacent to an activating group) is 1. The van der Waals surface area contributed by atoms with E-state index < -0.39 is 5.54 Å².